The van der Waals surface area contributed by atoms with Crippen LogP contribution in [0.3, 0.4) is 0 Å². The van der Waals surface area contributed by atoms with Crippen LogP contribution in [0, 0.1) is 13.8 Å². The van der Waals surface area contributed by atoms with E-state index in [-0.39, 0.29) is 19.0 Å². The van der Waals surface area contributed by atoms with Crippen molar-refractivity contribution in [2.45, 2.75) is 13.8 Å². The van der Waals surface area contributed by atoms with Gasteiger partial charge in [-0.1, -0.05) is 0 Å². The molecule has 7 nitrogen and oxygen atoms in total. The molecule has 0 aliphatic rings. The van der Waals surface area contributed by atoms with E-state index in [0.29, 0.717) is 5.78 Å². The van der Waals surface area contributed by atoms with Gasteiger partial charge < -0.3 is 9.84 Å². The molecule has 2 aromatic heterocycles. The number of hydrogen-bond acceptors (Lipinski definition) is 6. The lowest BCUT2D eigenvalue weighted by Gasteiger charge is -1.97. The first-order valence-electron chi connectivity index (χ1n) is 5.11. The Kier molecular flexibility index (Phi) is 3.01. The molecule has 0 aliphatic carbocycles. The van der Waals surface area contributed by atoms with Crippen LogP contribution >= 0.6 is 0 Å². The summed E-state index contributed by atoms with van der Waals surface area (Å²) < 4.78 is 6.20. The fourth-order valence-electron chi connectivity index (χ4n) is 1.46. The number of aliphatic hydroxyl groups is 1. The van der Waals surface area contributed by atoms with Crippen molar-refractivity contribution in [3.8, 4) is 0 Å². The smallest absolute Gasteiger partial charge is 0.378 e. The highest BCUT2D eigenvalue weighted by atomic mass is 16.5. The highest BCUT2D eigenvalue weighted by Crippen LogP contribution is 2.05. The van der Waals surface area contributed by atoms with Crippen LogP contribution in [0.25, 0.3) is 5.78 Å². The number of ether oxygens (including phenoxy) is 1. The van der Waals surface area contributed by atoms with Crippen molar-refractivity contribution in [1.29, 1.82) is 0 Å². The Balaban J connectivity index is 2.37. The molecule has 2 aromatic rings. The molecule has 0 amide bonds. The van der Waals surface area contributed by atoms with E-state index >= 15 is 0 Å². The molecule has 0 aliphatic heterocycles. The maximum absolute atomic E-state index is 11.5. The minimum Gasteiger partial charge on any atom is -0.457 e. The van der Waals surface area contributed by atoms with Crippen LogP contribution in [0.15, 0.2) is 6.07 Å². The van der Waals surface area contributed by atoms with E-state index in [4.69, 9.17) is 9.84 Å². The molecule has 2 rings (SSSR count). The predicted octanol–water partition coefficient (Wildman–Crippen LogP) is -0.110. The minimum atomic E-state index is -0.665. The van der Waals surface area contributed by atoms with Crippen LogP contribution in [0.4, 0.5) is 0 Å². The Hall–Kier alpha value is -2.02. The van der Waals surface area contributed by atoms with Crippen LogP contribution in [0.1, 0.15) is 22.0 Å². The van der Waals surface area contributed by atoms with Crippen LogP contribution in [0.2, 0.25) is 0 Å². The van der Waals surface area contributed by atoms with Gasteiger partial charge in [-0.25, -0.2) is 14.3 Å². The van der Waals surface area contributed by atoms with Gasteiger partial charge in [-0.15, -0.1) is 5.10 Å². The summed E-state index contributed by atoms with van der Waals surface area (Å²) in [6, 6.07) is 1.84. The zero-order valence-electron chi connectivity index (χ0n) is 9.54. The summed E-state index contributed by atoms with van der Waals surface area (Å²) in [5, 5.41) is 12.5. The summed E-state index contributed by atoms with van der Waals surface area (Å²) in [5.74, 6) is -0.361. The SMILES string of the molecule is Cc1cc(C)n2nc(C(=O)OCCO)nc2n1. The predicted molar refractivity (Wildman–Crippen MR) is 57.6 cm³/mol. The first-order chi connectivity index (χ1) is 8.11. The number of nitrogens with zero attached hydrogens (tertiary/aromatic N) is 4. The van der Waals surface area contributed by atoms with Gasteiger partial charge in [-0.05, 0) is 19.9 Å². The standard InChI is InChI=1S/C10H12N4O3/c1-6-5-7(2)14-10(11-6)12-8(13-14)9(16)17-4-3-15/h5,15H,3-4H2,1-2H3. The lowest BCUT2D eigenvalue weighted by Crippen LogP contribution is -2.10. The third-order valence-corrected chi connectivity index (χ3v) is 2.13. The molecule has 0 spiro atoms. The van der Waals surface area contributed by atoms with Crippen molar-refractivity contribution in [1.82, 2.24) is 19.6 Å². The molecule has 0 radical (unpaired) electrons. The summed E-state index contributed by atoms with van der Waals surface area (Å²) in [7, 11) is 0. The Morgan fingerprint density at radius 1 is 1.47 bits per heavy atom. The van der Waals surface area contributed by atoms with E-state index < -0.39 is 5.97 Å². The lowest BCUT2D eigenvalue weighted by atomic mass is 10.4. The van der Waals surface area contributed by atoms with Crippen molar-refractivity contribution in [3.63, 3.8) is 0 Å². The summed E-state index contributed by atoms with van der Waals surface area (Å²) in [4.78, 5) is 19.6. The van der Waals surface area contributed by atoms with Gasteiger partial charge in [0.15, 0.2) is 0 Å². The Morgan fingerprint density at radius 3 is 2.94 bits per heavy atom. The molecule has 0 saturated carbocycles. The maximum Gasteiger partial charge on any atom is 0.378 e. The molecule has 0 unspecified atom stereocenters. The highest BCUT2D eigenvalue weighted by molar-refractivity contribution is 5.85. The molecule has 2 heterocycles. The van der Waals surface area contributed by atoms with Crippen molar-refractivity contribution in [2.24, 2.45) is 0 Å². The van der Waals surface area contributed by atoms with Crippen LogP contribution in [-0.4, -0.2) is 43.9 Å². The van der Waals surface area contributed by atoms with Crippen LogP contribution in [0.5, 0.6) is 0 Å². The third kappa shape index (κ3) is 2.23. The van der Waals surface area contributed by atoms with E-state index in [0.717, 1.165) is 11.4 Å². The van der Waals surface area contributed by atoms with E-state index in [2.05, 4.69) is 15.1 Å². The molecule has 0 atom stereocenters. The molecule has 0 bridgehead atoms. The minimum absolute atomic E-state index is 0.0559. The average molecular weight is 236 g/mol. The average Bonchev–Trinajstić information content (AvgIpc) is 2.69. The van der Waals surface area contributed by atoms with E-state index in [1.54, 1.807) is 0 Å². The molecule has 0 aromatic carbocycles. The lowest BCUT2D eigenvalue weighted by molar-refractivity contribution is 0.0420. The van der Waals surface area contributed by atoms with Crippen molar-refractivity contribution < 1.29 is 14.6 Å². The van der Waals surface area contributed by atoms with Gasteiger partial charge in [0.05, 0.1) is 6.61 Å². The fourth-order valence-corrected chi connectivity index (χ4v) is 1.46. The zero-order chi connectivity index (χ0) is 12.4. The quantitative estimate of drug-likeness (QED) is 0.748. The van der Waals surface area contributed by atoms with E-state index in [1.165, 1.54) is 4.52 Å². The van der Waals surface area contributed by atoms with Crippen molar-refractivity contribution in [2.75, 3.05) is 13.2 Å². The molecule has 17 heavy (non-hydrogen) atoms. The van der Waals surface area contributed by atoms with E-state index in [9.17, 15) is 4.79 Å². The monoisotopic (exact) mass is 236 g/mol. The van der Waals surface area contributed by atoms with Crippen LogP contribution < -0.4 is 0 Å². The van der Waals surface area contributed by atoms with Gasteiger partial charge in [-0.2, -0.15) is 4.98 Å². The summed E-state index contributed by atoms with van der Waals surface area (Å²) in [6.45, 7) is 3.39. The van der Waals surface area contributed by atoms with Gasteiger partial charge in [0, 0.05) is 11.4 Å². The second-order valence-corrected chi connectivity index (χ2v) is 3.55. The number of rotatable bonds is 3. The number of aliphatic hydroxyl groups excluding tert-OH is 1. The number of esters is 1. The summed E-state index contributed by atoms with van der Waals surface area (Å²) >= 11 is 0. The number of hydrogen-bond donors (Lipinski definition) is 1. The van der Waals surface area contributed by atoms with Crippen LogP contribution in [-0.2, 0) is 4.74 Å². The fraction of sp³-hybridized carbons (Fsp3) is 0.400. The first kappa shape index (κ1) is 11.5. The summed E-state index contributed by atoms with van der Waals surface area (Å²) in [6.07, 6.45) is 0. The van der Waals surface area contributed by atoms with Crippen molar-refractivity contribution >= 4 is 11.7 Å². The van der Waals surface area contributed by atoms with Gasteiger partial charge >= 0.3 is 5.97 Å². The molecule has 0 fully saturated rings. The molecule has 90 valence electrons. The van der Waals surface area contributed by atoms with Gasteiger partial charge in [0.1, 0.15) is 6.61 Å². The Morgan fingerprint density at radius 2 is 2.24 bits per heavy atom. The number of aryl methyl sites for hydroxylation is 2. The molecule has 7 heteroatoms. The topological polar surface area (TPSA) is 89.6 Å². The zero-order valence-corrected chi connectivity index (χ0v) is 9.54. The van der Waals surface area contributed by atoms with Gasteiger partial charge in [0.2, 0.25) is 0 Å². The molecule has 1 N–H and O–H groups in total. The summed E-state index contributed by atoms with van der Waals surface area (Å²) in [5.41, 5.74) is 1.64. The highest BCUT2D eigenvalue weighted by Gasteiger charge is 2.15. The second-order valence-electron chi connectivity index (χ2n) is 3.55. The number of carbonyl (C=O) groups excluding carboxylic acids is 1. The molecular formula is C10H12N4O3. The molecule has 0 saturated heterocycles. The van der Waals surface area contributed by atoms with Gasteiger partial charge in [0.25, 0.3) is 11.6 Å². The molecular weight excluding hydrogens is 224 g/mol. The van der Waals surface area contributed by atoms with Crippen molar-refractivity contribution in [3.05, 3.63) is 23.3 Å². The van der Waals surface area contributed by atoms with E-state index in [1.807, 2.05) is 19.9 Å². The number of aromatic nitrogens is 4. The number of carbonyl (C=O) groups is 1. The Bertz CT molecular complexity index is 564. The second kappa shape index (κ2) is 4.46. The number of fused-ring (bicyclic) bond motifs is 1. The Labute approximate surface area is 97.1 Å². The normalized spacial score (nSPS) is 10.8. The largest absolute Gasteiger partial charge is 0.457 e. The van der Waals surface area contributed by atoms with Gasteiger partial charge in [-0.3, -0.25) is 0 Å². The third-order valence-electron chi connectivity index (χ3n) is 2.13. The first-order valence-corrected chi connectivity index (χ1v) is 5.11. The maximum atomic E-state index is 11.5.